The summed E-state index contributed by atoms with van der Waals surface area (Å²) in [4.78, 5) is 0. The standard InChI is InChI=1S/C17H15ClN2O/c1-12-7-9-13(10-8-12)11-15-19-20-17(21-15)16(18)14-5-3-2-4-6-14/h2-10,16H,11H2,1H3. The van der Waals surface area contributed by atoms with E-state index in [9.17, 15) is 0 Å². The minimum absolute atomic E-state index is 0.412. The Balaban J connectivity index is 1.75. The van der Waals surface area contributed by atoms with E-state index in [1.807, 2.05) is 30.3 Å². The molecule has 0 saturated carbocycles. The molecule has 0 spiro atoms. The summed E-state index contributed by atoms with van der Waals surface area (Å²) in [5.74, 6) is 1.01. The maximum atomic E-state index is 6.37. The van der Waals surface area contributed by atoms with Crippen molar-refractivity contribution in [2.45, 2.75) is 18.7 Å². The summed E-state index contributed by atoms with van der Waals surface area (Å²) in [5, 5.41) is 7.73. The lowest BCUT2D eigenvalue weighted by molar-refractivity contribution is 0.462. The lowest BCUT2D eigenvalue weighted by Crippen LogP contribution is -1.92. The van der Waals surface area contributed by atoms with Crippen molar-refractivity contribution in [3.05, 3.63) is 83.1 Å². The fourth-order valence-corrected chi connectivity index (χ4v) is 2.32. The van der Waals surface area contributed by atoms with Gasteiger partial charge in [0.2, 0.25) is 11.8 Å². The molecule has 2 aromatic carbocycles. The number of halogens is 1. The van der Waals surface area contributed by atoms with Crippen LogP contribution in [0.15, 0.2) is 59.0 Å². The second kappa shape index (κ2) is 6.10. The van der Waals surface area contributed by atoms with Crippen LogP contribution < -0.4 is 0 Å². The summed E-state index contributed by atoms with van der Waals surface area (Å²) in [7, 11) is 0. The molecule has 3 rings (SSSR count). The Hall–Kier alpha value is -2.13. The Labute approximate surface area is 128 Å². The number of aryl methyl sites for hydroxylation is 1. The summed E-state index contributed by atoms with van der Waals surface area (Å²) in [5.41, 5.74) is 3.32. The average Bonchev–Trinajstić information content (AvgIpc) is 2.98. The molecule has 0 N–H and O–H groups in total. The fraction of sp³-hybridized carbons (Fsp3) is 0.176. The monoisotopic (exact) mass is 298 g/mol. The molecule has 3 nitrogen and oxygen atoms in total. The maximum absolute atomic E-state index is 6.37. The third-order valence-electron chi connectivity index (χ3n) is 3.27. The number of alkyl halides is 1. The predicted molar refractivity (Wildman–Crippen MR) is 82.4 cm³/mol. The van der Waals surface area contributed by atoms with Gasteiger partial charge in [-0.15, -0.1) is 21.8 Å². The van der Waals surface area contributed by atoms with E-state index in [2.05, 4.69) is 41.4 Å². The smallest absolute Gasteiger partial charge is 0.238 e. The third-order valence-corrected chi connectivity index (χ3v) is 3.71. The summed E-state index contributed by atoms with van der Waals surface area (Å²) in [6.07, 6.45) is 0.617. The van der Waals surface area contributed by atoms with Crippen LogP contribution in [0.4, 0.5) is 0 Å². The van der Waals surface area contributed by atoms with Gasteiger partial charge in [-0.25, -0.2) is 0 Å². The highest BCUT2D eigenvalue weighted by Gasteiger charge is 2.17. The summed E-state index contributed by atoms with van der Waals surface area (Å²) in [6.45, 7) is 2.06. The number of hydrogen-bond donors (Lipinski definition) is 0. The Morgan fingerprint density at radius 1 is 1.00 bits per heavy atom. The minimum atomic E-state index is -0.412. The van der Waals surface area contributed by atoms with E-state index < -0.39 is 5.38 Å². The van der Waals surface area contributed by atoms with Gasteiger partial charge < -0.3 is 4.42 Å². The molecule has 3 aromatic rings. The van der Waals surface area contributed by atoms with Crippen LogP contribution in [0.1, 0.15) is 33.8 Å². The lowest BCUT2D eigenvalue weighted by atomic mass is 10.1. The molecule has 0 amide bonds. The van der Waals surface area contributed by atoms with Crippen LogP contribution in [-0.2, 0) is 6.42 Å². The molecule has 1 atom stereocenters. The van der Waals surface area contributed by atoms with Gasteiger partial charge in [-0.2, -0.15) is 0 Å². The molecular weight excluding hydrogens is 284 g/mol. The van der Waals surface area contributed by atoms with E-state index in [0.29, 0.717) is 18.2 Å². The fourth-order valence-electron chi connectivity index (χ4n) is 2.09. The van der Waals surface area contributed by atoms with Crippen LogP contribution in [0, 0.1) is 6.92 Å². The van der Waals surface area contributed by atoms with Gasteiger partial charge >= 0.3 is 0 Å². The SMILES string of the molecule is Cc1ccc(Cc2nnc(C(Cl)c3ccccc3)o2)cc1. The molecular formula is C17H15ClN2O. The zero-order valence-corrected chi connectivity index (χ0v) is 12.4. The molecule has 0 bridgehead atoms. The van der Waals surface area contributed by atoms with Crippen LogP contribution in [0.3, 0.4) is 0 Å². The second-order valence-electron chi connectivity index (χ2n) is 4.97. The van der Waals surface area contributed by atoms with Crippen molar-refractivity contribution < 1.29 is 4.42 Å². The van der Waals surface area contributed by atoms with Gasteiger partial charge in [0.25, 0.3) is 0 Å². The number of benzene rings is 2. The van der Waals surface area contributed by atoms with E-state index in [1.54, 1.807) is 0 Å². The van der Waals surface area contributed by atoms with Crippen molar-refractivity contribution >= 4 is 11.6 Å². The van der Waals surface area contributed by atoms with Gasteiger partial charge in [-0.05, 0) is 18.1 Å². The van der Waals surface area contributed by atoms with E-state index in [0.717, 1.165) is 11.1 Å². The van der Waals surface area contributed by atoms with E-state index >= 15 is 0 Å². The Kier molecular flexibility index (Phi) is 4.02. The first kappa shape index (κ1) is 13.8. The number of rotatable bonds is 4. The van der Waals surface area contributed by atoms with Crippen molar-refractivity contribution in [1.82, 2.24) is 10.2 Å². The molecule has 1 heterocycles. The summed E-state index contributed by atoms with van der Waals surface area (Å²) in [6, 6.07) is 18.0. The van der Waals surface area contributed by atoms with Crippen LogP contribution in [0.2, 0.25) is 0 Å². The number of hydrogen-bond acceptors (Lipinski definition) is 3. The first-order valence-electron chi connectivity index (χ1n) is 6.79. The van der Waals surface area contributed by atoms with Gasteiger partial charge in [0.1, 0.15) is 5.38 Å². The molecule has 0 saturated heterocycles. The zero-order chi connectivity index (χ0) is 14.7. The van der Waals surface area contributed by atoms with Gasteiger partial charge in [-0.3, -0.25) is 0 Å². The van der Waals surface area contributed by atoms with Gasteiger partial charge in [0.05, 0.1) is 6.42 Å². The molecule has 106 valence electrons. The summed E-state index contributed by atoms with van der Waals surface area (Å²) < 4.78 is 5.68. The molecule has 4 heteroatoms. The molecule has 1 aromatic heterocycles. The Bertz CT molecular complexity index is 707. The number of aromatic nitrogens is 2. The first-order valence-corrected chi connectivity index (χ1v) is 7.23. The van der Waals surface area contributed by atoms with Crippen molar-refractivity contribution in [2.24, 2.45) is 0 Å². The average molecular weight is 299 g/mol. The van der Waals surface area contributed by atoms with Crippen molar-refractivity contribution in [2.75, 3.05) is 0 Å². The minimum Gasteiger partial charge on any atom is -0.423 e. The quantitative estimate of drug-likeness (QED) is 0.674. The van der Waals surface area contributed by atoms with Gasteiger partial charge in [0, 0.05) is 0 Å². The highest BCUT2D eigenvalue weighted by Crippen LogP contribution is 2.27. The highest BCUT2D eigenvalue weighted by molar-refractivity contribution is 6.22. The largest absolute Gasteiger partial charge is 0.423 e. The zero-order valence-electron chi connectivity index (χ0n) is 11.7. The molecule has 21 heavy (non-hydrogen) atoms. The molecule has 0 radical (unpaired) electrons. The molecule has 1 unspecified atom stereocenters. The van der Waals surface area contributed by atoms with Crippen molar-refractivity contribution in [1.29, 1.82) is 0 Å². The molecule has 0 aliphatic heterocycles. The maximum Gasteiger partial charge on any atom is 0.238 e. The summed E-state index contributed by atoms with van der Waals surface area (Å²) >= 11 is 6.37. The van der Waals surface area contributed by atoms with Gasteiger partial charge in [0.15, 0.2) is 0 Å². The third kappa shape index (κ3) is 3.31. The van der Waals surface area contributed by atoms with E-state index in [-0.39, 0.29) is 0 Å². The normalized spacial score (nSPS) is 12.3. The van der Waals surface area contributed by atoms with E-state index in [4.69, 9.17) is 16.0 Å². The van der Waals surface area contributed by atoms with Crippen LogP contribution in [-0.4, -0.2) is 10.2 Å². The number of nitrogens with zero attached hydrogens (tertiary/aromatic N) is 2. The van der Waals surface area contributed by atoms with Crippen LogP contribution >= 0.6 is 11.6 Å². The molecule has 0 aliphatic rings. The second-order valence-corrected chi connectivity index (χ2v) is 5.41. The van der Waals surface area contributed by atoms with Crippen molar-refractivity contribution in [3.63, 3.8) is 0 Å². The predicted octanol–water partition coefficient (Wildman–Crippen LogP) is 4.30. The first-order chi connectivity index (χ1) is 10.2. The molecule has 0 fully saturated rings. The Morgan fingerprint density at radius 3 is 2.43 bits per heavy atom. The Morgan fingerprint density at radius 2 is 1.71 bits per heavy atom. The molecule has 0 aliphatic carbocycles. The van der Waals surface area contributed by atoms with E-state index in [1.165, 1.54) is 5.56 Å². The van der Waals surface area contributed by atoms with Crippen LogP contribution in [0.5, 0.6) is 0 Å². The topological polar surface area (TPSA) is 38.9 Å². The van der Waals surface area contributed by atoms with Gasteiger partial charge in [-0.1, -0.05) is 60.2 Å². The van der Waals surface area contributed by atoms with Crippen LogP contribution in [0.25, 0.3) is 0 Å². The lowest BCUT2D eigenvalue weighted by Gasteiger charge is -2.04. The van der Waals surface area contributed by atoms with Crippen molar-refractivity contribution in [3.8, 4) is 0 Å². The highest BCUT2D eigenvalue weighted by atomic mass is 35.5.